The number of nitrogens with zero attached hydrogens (tertiary/aromatic N) is 1. The third kappa shape index (κ3) is 4.08. The molecule has 0 saturated carbocycles. The van der Waals surface area contributed by atoms with Crippen LogP contribution < -0.4 is 4.74 Å². The van der Waals surface area contributed by atoms with E-state index in [1.165, 1.54) is 5.56 Å². The standard InChI is InChI=1S/C14H19NO2/c1-4-17-14(2,11-15)10-9-12-5-7-13(16-3)8-6-12/h5-8H,4,9-10H2,1-3H3. The van der Waals surface area contributed by atoms with Crippen LogP contribution in [-0.2, 0) is 11.2 Å². The molecule has 0 aliphatic carbocycles. The van der Waals surface area contributed by atoms with E-state index in [1.54, 1.807) is 7.11 Å². The molecule has 0 aliphatic rings. The minimum Gasteiger partial charge on any atom is -0.497 e. The predicted octanol–water partition coefficient (Wildman–Crippen LogP) is 2.95. The molecule has 0 fully saturated rings. The molecule has 1 aromatic rings. The summed E-state index contributed by atoms with van der Waals surface area (Å²) in [5, 5.41) is 9.08. The van der Waals surface area contributed by atoms with Crippen LogP contribution >= 0.6 is 0 Å². The fraction of sp³-hybridized carbons (Fsp3) is 0.500. The Morgan fingerprint density at radius 2 is 1.94 bits per heavy atom. The highest BCUT2D eigenvalue weighted by Gasteiger charge is 2.23. The Kier molecular flexibility index (Phi) is 4.99. The molecular weight excluding hydrogens is 214 g/mol. The Labute approximate surface area is 103 Å². The zero-order valence-electron chi connectivity index (χ0n) is 10.7. The third-order valence-corrected chi connectivity index (χ3v) is 2.75. The molecule has 0 saturated heterocycles. The molecule has 0 radical (unpaired) electrons. The van der Waals surface area contributed by atoms with Crippen LogP contribution in [0.4, 0.5) is 0 Å². The maximum absolute atomic E-state index is 9.08. The predicted molar refractivity (Wildman–Crippen MR) is 67.0 cm³/mol. The Balaban J connectivity index is 2.57. The first kappa shape index (κ1) is 13.5. The SMILES string of the molecule is CCOC(C)(C#N)CCc1ccc(OC)cc1. The smallest absolute Gasteiger partial charge is 0.151 e. The van der Waals surface area contributed by atoms with Crippen molar-refractivity contribution in [3.63, 3.8) is 0 Å². The topological polar surface area (TPSA) is 42.2 Å². The summed E-state index contributed by atoms with van der Waals surface area (Å²) >= 11 is 0. The number of ether oxygens (including phenoxy) is 2. The summed E-state index contributed by atoms with van der Waals surface area (Å²) in [6.07, 6.45) is 1.53. The summed E-state index contributed by atoms with van der Waals surface area (Å²) in [6.45, 7) is 4.30. The minimum atomic E-state index is -0.686. The summed E-state index contributed by atoms with van der Waals surface area (Å²) in [7, 11) is 1.65. The van der Waals surface area contributed by atoms with Crippen LogP contribution in [0.25, 0.3) is 0 Å². The van der Waals surface area contributed by atoms with Crippen molar-refractivity contribution in [3.05, 3.63) is 29.8 Å². The van der Waals surface area contributed by atoms with Gasteiger partial charge in [0.15, 0.2) is 5.60 Å². The maximum atomic E-state index is 9.08. The summed E-state index contributed by atoms with van der Waals surface area (Å²) in [6, 6.07) is 10.1. The Hall–Kier alpha value is -1.53. The average Bonchev–Trinajstić information content (AvgIpc) is 2.37. The number of hydrogen-bond acceptors (Lipinski definition) is 3. The van der Waals surface area contributed by atoms with Crippen molar-refractivity contribution in [2.75, 3.05) is 13.7 Å². The summed E-state index contributed by atoms with van der Waals surface area (Å²) in [5.74, 6) is 0.849. The van der Waals surface area contributed by atoms with Gasteiger partial charge in [0.1, 0.15) is 5.75 Å². The van der Waals surface area contributed by atoms with Crippen molar-refractivity contribution in [1.29, 1.82) is 5.26 Å². The third-order valence-electron chi connectivity index (χ3n) is 2.75. The Bertz CT molecular complexity index is 380. The van der Waals surface area contributed by atoms with Crippen molar-refractivity contribution in [2.24, 2.45) is 0 Å². The van der Waals surface area contributed by atoms with E-state index >= 15 is 0 Å². The molecule has 0 aliphatic heterocycles. The van der Waals surface area contributed by atoms with E-state index in [1.807, 2.05) is 38.1 Å². The van der Waals surface area contributed by atoms with Crippen molar-refractivity contribution < 1.29 is 9.47 Å². The second kappa shape index (κ2) is 6.27. The molecule has 17 heavy (non-hydrogen) atoms. The van der Waals surface area contributed by atoms with Crippen LogP contribution in [0.1, 0.15) is 25.8 Å². The second-order valence-corrected chi connectivity index (χ2v) is 4.12. The molecule has 1 aromatic carbocycles. The number of rotatable bonds is 6. The molecule has 0 N–H and O–H groups in total. The van der Waals surface area contributed by atoms with E-state index in [2.05, 4.69) is 6.07 Å². The lowest BCUT2D eigenvalue weighted by Crippen LogP contribution is -2.27. The van der Waals surface area contributed by atoms with Crippen molar-refractivity contribution in [1.82, 2.24) is 0 Å². The lowest BCUT2D eigenvalue weighted by molar-refractivity contribution is 0.0138. The van der Waals surface area contributed by atoms with Gasteiger partial charge in [0.2, 0.25) is 0 Å². The molecule has 0 heterocycles. The van der Waals surface area contributed by atoms with Crippen LogP contribution in [0.2, 0.25) is 0 Å². The Morgan fingerprint density at radius 3 is 2.41 bits per heavy atom. The van der Waals surface area contributed by atoms with Gasteiger partial charge in [-0.1, -0.05) is 12.1 Å². The van der Waals surface area contributed by atoms with Crippen LogP contribution in [0.15, 0.2) is 24.3 Å². The van der Waals surface area contributed by atoms with E-state index in [0.717, 1.165) is 12.2 Å². The first-order chi connectivity index (χ1) is 8.13. The largest absolute Gasteiger partial charge is 0.497 e. The number of nitriles is 1. The number of methoxy groups -OCH3 is 1. The summed E-state index contributed by atoms with van der Waals surface area (Å²) < 4.78 is 10.6. The van der Waals surface area contributed by atoms with Crippen molar-refractivity contribution in [3.8, 4) is 11.8 Å². The first-order valence-corrected chi connectivity index (χ1v) is 5.81. The van der Waals surface area contributed by atoms with Gasteiger partial charge in [-0.25, -0.2) is 0 Å². The van der Waals surface area contributed by atoms with Crippen LogP contribution in [0.3, 0.4) is 0 Å². The van der Waals surface area contributed by atoms with Gasteiger partial charge in [-0.3, -0.25) is 0 Å². The van der Waals surface area contributed by atoms with E-state index in [0.29, 0.717) is 13.0 Å². The molecule has 92 valence electrons. The highest BCUT2D eigenvalue weighted by Crippen LogP contribution is 2.19. The molecule has 1 atom stereocenters. The normalized spacial score (nSPS) is 13.8. The summed E-state index contributed by atoms with van der Waals surface area (Å²) in [4.78, 5) is 0. The number of aryl methyl sites for hydroxylation is 1. The molecule has 1 unspecified atom stereocenters. The van der Waals surface area contributed by atoms with E-state index < -0.39 is 5.60 Å². The zero-order valence-corrected chi connectivity index (χ0v) is 10.7. The molecule has 1 rings (SSSR count). The van der Waals surface area contributed by atoms with E-state index in [-0.39, 0.29) is 0 Å². The minimum absolute atomic E-state index is 0.562. The van der Waals surface area contributed by atoms with Gasteiger partial charge in [0, 0.05) is 6.61 Å². The highest BCUT2D eigenvalue weighted by atomic mass is 16.5. The monoisotopic (exact) mass is 233 g/mol. The van der Waals surface area contributed by atoms with Crippen LogP contribution in [0, 0.1) is 11.3 Å². The van der Waals surface area contributed by atoms with E-state index in [9.17, 15) is 0 Å². The molecule has 3 heteroatoms. The molecule has 0 aromatic heterocycles. The van der Waals surface area contributed by atoms with Gasteiger partial charge in [0.25, 0.3) is 0 Å². The number of hydrogen-bond donors (Lipinski definition) is 0. The average molecular weight is 233 g/mol. The lowest BCUT2D eigenvalue weighted by atomic mass is 9.98. The maximum Gasteiger partial charge on any atom is 0.151 e. The quantitative estimate of drug-likeness (QED) is 0.758. The lowest BCUT2D eigenvalue weighted by Gasteiger charge is -2.21. The molecule has 0 spiro atoms. The van der Waals surface area contributed by atoms with E-state index in [4.69, 9.17) is 14.7 Å². The molecular formula is C14H19NO2. The highest BCUT2D eigenvalue weighted by molar-refractivity contribution is 5.27. The number of benzene rings is 1. The molecule has 3 nitrogen and oxygen atoms in total. The van der Waals surface area contributed by atoms with Crippen molar-refractivity contribution >= 4 is 0 Å². The Morgan fingerprint density at radius 1 is 1.29 bits per heavy atom. The summed E-state index contributed by atoms with van der Waals surface area (Å²) in [5.41, 5.74) is 0.501. The van der Waals surface area contributed by atoms with Crippen LogP contribution in [0.5, 0.6) is 5.75 Å². The first-order valence-electron chi connectivity index (χ1n) is 5.81. The fourth-order valence-corrected chi connectivity index (χ4v) is 1.65. The fourth-order valence-electron chi connectivity index (χ4n) is 1.65. The van der Waals surface area contributed by atoms with Crippen LogP contribution in [-0.4, -0.2) is 19.3 Å². The van der Waals surface area contributed by atoms with Gasteiger partial charge < -0.3 is 9.47 Å². The van der Waals surface area contributed by atoms with Gasteiger partial charge in [-0.2, -0.15) is 5.26 Å². The zero-order chi connectivity index (χ0) is 12.7. The molecule has 0 bridgehead atoms. The van der Waals surface area contributed by atoms with Gasteiger partial charge in [-0.05, 0) is 44.4 Å². The van der Waals surface area contributed by atoms with Gasteiger partial charge >= 0.3 is 0 Å². The van der Waals surface area contributed by atoms with Gasteiger partial charge in [-0.15, -0.1) is 0 Å². The van der Waals surface area contributed by atoms with Crippen molar-refractivity contribution in [2.45, 2.75) is 32.3 Å². The van der Waals surface area contributed by atoms with Gasteiger partial charge in [0.05, 0.1) is 13.2 Å². The molecule has 0 amide bonds. The second-order valence-electron chi connectivity index (χ2n) is 4.12.